The van der Waals surface area contributed by atoms with E-state index in [4.69, 9.17) is 9.47 Å². The maximum Gasteiger partial charge on any atom is 0.236 e. The Balaban J connectivity index is 2.02. The number of nitrogens with one attached hydrogen (secondary N) is 2. The van der Waals surface area contributed by atoms with Gasteiger partial charge in [0, 0.05) is 12.6 Å². The van der Waals surface area contributed by atoms with Gasteiger partial charge in [0.05, 0.1) is 12.8 Å². The van der Waals surface area contributed by atoms with E-state index in [1.165, 1.54) is 50.4 Å². The number of sulfonamides is 1. The Morgan fingerprint density at radius 1 is 1.15 bits per heavy atom. The van der Waals surface area contributed by atoms with E-state index in [1.54, 1.807) is 6.07 Å². The Morgan fingerprint density at radius 3 is 2.46 bits per heavy atom. The van der Waals surface area contributed by atoms with Crippen LogP contribution in [0.5, 0.6) is 11.5 Å². The molecule has 0 aliphatic rings. The van der Waals surface area contributed by atoms with Crippen molar-refractivity contribution in [3.63, 3.8) is 0 Å². The number of amides is 1. The first-order chi connectivity index (χ1) is 12.3. The minimum atomic E-state index is -3.73. The third-order valence-corrected chi connectivity index (χ3v) is 4.45. The second-order valence-corrected chi connectivity index (χ2v) is 7.16. The highest BCUT2D eigenvalue weighted by molar-refractivity contribution is 7.92. The molecule has 2 aromatic rings. The molecule has 0 unspecified atom stereocenters. The first-order valence-corrected chi connectivity index (χ1v) is 9.29. The quantitative estimate of drug-likeness (QED) is 0.732. The van der Waals surface area contributed by atoms with Crippen LogP contribution in [0.15, 0.2) is 42.5 Å². The zero-order chi connectivity index (χ0) is 19.2. The lowest BCUT2D eigenvalue weighted by atomic mass is 10.2. The summed E-state index contributed by atoms with van der Waals surface area (Å²) in [5.74, 6) is -0.332. The zero-order valence-electron chi connectivity index (χ0n) is 14.3. The number of anilines is 2. The van der Waals surface area contributed by atoms with Crippen molar-refractivity contribution in [3.8, 4) is 11.5 Å². The number of hydrogen-bond acceptors (Lipinski definition) is 5. The summed E-state index contributed by atoms with van der Waals surface area (Å²) in [6.45, 7) is 1.23. The van der Waals surface area contributed by atoms with Crippen LogP contribution < -0.4 is 19.5 Å². The molecule has 1 amide bonds. The largest absolute Gasteiger partial charge is 0.495 e. The van der Waals surface area contributed by atoms with Crippen molar-refractivity contribution in [2.75, 3.05) is 29.5 Å². The summed E-state index contributed by atoms with van der Waals surface area (Å²) < 4.78 is 50.2. The third kappa shape index (κ3) is 5.92. The molecule has 0 spiro atoms. The molecule has 0 aromatic heterocycles. The van der Waals surface area contributed by atoms with Gasteiger partial charge in [-0.25, -0.2) is 12.8 Å². The number of benzene rings is 2. The van der Waals surface area contributed by atoms with Gasteiger partial charge in [0.25, 0.3) is 0 Å². The van der Waals surface area contributed by atoms with E-state index in [-0.39, 0.29) is 24.0 Å². The zero-order valence-corrected chi connectivity index (χ0v) is 15.1. The molecule has 9 heteroatoms. The van der Waals surface area contributed by atoms with Gasteiger partial charge in [-0.05, 0) is 42.5 Å². The van der Waals surface area contributed by atoms with Crippen molar-refractivity contribution in [2.24, 2.45) is 0 Å². The monoisotopic (exact) mass is 382 g/mol. The number of halogens is 1. The Morgan fingerprint density at radius 2 is 1.85 bits per heavy atom. The average Bonchev–Trinajstić information content (AvgIpc) is 2.56. The predicted molar refractivity (Wildman–Crippen MR) is 96.6 cm³/mol. The molecule has 0 heterocycles. The molecule has 2 N–H and O–H groups in total. The summed E-state index contributed by atoms with van der Waals surface area (Å²) in [5.41, 5.74) is 0.624. The maximum absolute atomic E-state index is 12.8. The lowest BCUT2D eigenvalue weighted by Crippen LogP contribution is -2.21. The average molecular weight is 382 g/mol. The molecular weight excluding hydrogens is 363 g/mol. The fourth-order valence-electron chi connectivity index (χ4n) is 2.09. The fourth-order valence-corrected chi connectivity index (χ4v) is 2.99. The third-order valence-electron chi connectivity index (χ3n) is 3.22. The number of rotatable bonds is 8. The van der Waals surface area contributed by atoms with E-state index < -0.39 is 15.8 Å². The molecule has 0 aliphatic heterocycles. The summed E-state index contributed by atoms with van der Waals surface area (Å²) >= 11 is 0. The molecule has 140 valence electrons. The van der Waals surface area contributed by atoms with E-state index in [0.29, 0.717) is 17.2 Å². The first kappa shape index (κ1) is 19.5. The first-order valence-electron chi connectivity index (χ1n) is 7.63. The highest BCUT2D eigenvalue weighted by Gasteiger charge is 2.15. The molecule has 0 saturated carbocycles. The minimum Gasteiger partial charge on any atom is -0.495 e. The number of ether oxygens (including phenoxy) is 2. The standard InChI is InChI=1S/C17H19FN2O5S/c1-12(21)19-14-5-8-17(24-2)16(11-14)20-26(22,23)10-9-25-15-6-3-13(18)4-7-15/h3-8,11,20H,9-10H2,1-2H3,(H,19,21). The molecule has 0 atom stereocenters. The molecule has 26 heavy (non-hydrogen) atoms. The highest BCUT2D eigenvalue weighted by Crippen LogP contribution is 2.28. The van der Waals surface area contributed by atoms with Crippen molar-refractivity contribution >= 4 is 27.3 Å². The summed E-state index contributed by atoms with van der Waals surface area (Å²) in [5, 5.41) is 2.57. The fraction of sp³-hybridized carbons (Fsp3) is 0.235. The molecule has 2 aromatic carbocycles. The molecule has 0 fully saturated rings. The van der Waals surface area contributed by atoms with Crippen molar-refractivity contribution < 1.29 is 27.1 Å². The normalized spacial score (nSPS) is 10.9. The van der Waals surface area contributed by atoms with E-state index in [9.17, 15) is 17.6 Å². The van der Waals surface area contributed by atoms with Crippen LogP contribution in [0, 0.1) is 5.82 Å². The van der Waals surface area contributed by atoms with Crippen LogP contribution in [0.25, 0.3) is 0 Å². The Hall–Kier alpha value is -2.81. The van der Waals surface area contributed by atoms with E-state index >= 15 is 0 Å². The summed E-state index contributed by atoms with van der Waals surface area (Å²) in [4.78, 5) is 11.1. The minimum absolute atomic E-state index is 0.116. The van der Waals surface area contributed by atoms with Crippen molar-refractivity contribution in [1.82, 2.24) is 0 Å². The summed E-state index contributed by atoms with van der Waals surface area (Å²) in [6.07, 6.45) is 0. The highest BCUT2D eigenvalue weighted by atomic mass is 32.2. The lowest BCUT2D eigenvalue weighted by molar-refractivity contribution is -0.114. The molecule has 0 radical (unpaired) electrons. The molecule has 0 aliphatic carbocycles. The molecule has 2 rings (SSSR count). The van der Waals surface area contributed by atoms with Crippen LogP contribution in [0.2, 0.25) is 0 Å². The van der Waals surface area contributed by atoms with Crippen LogP contribution in [0.1, 0.15) is 6.92 Å². The van der Waals surface area contributed by atoms with Crippen LogP contribution in [0.4, 0.5) is 15.8 Å². The topological polar surface area (TPSA) is 93.7 Å². The van der Waals surface area contributed by atoms with Crippen LogP contribution in [0.3, 0.4) is 0 Å². The SMILES string of the molecule is COc1ccc(NC(C)=O)cc1NS(=O)(=O)CCOc1ccc(F)cc1. The molecule has 0 saturated heterocycles. The molecular formula is C17H19FN2O5S. The lowest BCUT2D eigenvalue weighted by Gasteiger charge is -2.14. The van der Waals surface area contributed by atoms with Gasteiger partial charge < -0.3 is 14.8 Å². The van der Waals surface area contributed by atoms with Gasteiger partial charge in [0.1, 0.15) is 29.7 Å². The smallest absolute Gasteiger partial charge is 0.236 e. The number of methoxy groups -OCH3 is 1. The molecule has 0 bridgehead atoms. The van der Waals surface area contributed by atoms with Crippen LogP contribution >= 0.6 is 0 Å². The van der Waals surface area contributed by atoms with Crippen molar-refractivity contribution in [3.05, 3.63) is 48.3 Å². The van der Waals surface area contributed by atoms with Gasteiger partial charge in [-0.15, -0.1) is 0 Å². The van der Waals surface area contributed by atoms with Crippen molar-refractivity contribution in [2.45, 2.75) is 6.92 Å². The number of carbonyl (C=O) groups is 1. The van der Waals surface area contributed by atoms with E-state index in [0.717, 1.165) is 0 Å². The number of carbonyl (C=O) groups excluding carboxylic acids is 1. The van der Waals surface area contributed by atoms with Gasteiger partial charge in [-0.2, -0.15) is 0 Å². The Labute approximate surface area is 151 Å². The van der Waals surface area contributed by atoms with E-state index in [2.05, 4.69) is 10.0 Å². The second kappa shape index (κ2) is 8.52. The summed E-state index contributed by atoms with van der Waals surface area (Å²) in [7, 11) is -2.33. The maximum atomic E-state index is 12.8. The summed E-state index contributed by atoms with van der Waals surface area (Å²) in [6, 6.07) is 9.86. The number of hydrogen-bond donors (Lipinski definition) is 2. The Kier molecular flexibility index (Phi) is 6.40. The molecule has 7 nitrogen and oxygen atoms in total. The van der Waals surface area contributed by atoms with Gasteiger partial charge in [0.2, 0.25) is 15.9 Å². The van der Waals surface area contributed by atoms with Crippen molar-refractivity contribution in [1.29, 1.82) is 0 Å². The predicted octanol–water partition coefficient (Wildman–Crippen LogP) is 2.61. The van der Waals surface area contributed by atoms with Crippen LogP contribution in [-0.2, 0) is 14.8 Å². The second-order valence-electron chi connectivity index (χ2n) is 5.32. The van der Waals surface area contributed by atoms with Gasteiger partial charge in [0.15, 0.2) is 0 Å². The van der Waals surface area contributed by atoms with Crippen LogP contribution in [-0.4, -0.2) is 33.8 Å². The van der Waals surface area contributed by atoms with Gasteiger partial charge >= 0.3 is 0 Å². The van der Waals surface area contributed by atoms with E-state index in [1.807, 2.05) is 0 Å². The van der Waals surface area contributed by atoms with Gasteiger partial charge in [-0.3, -0.25) is 9.52 Å². The Bertz CT molecular complexity index is 869. The van der Waals surface area contributed by atoms with Gasteiger partial charge in [-0.1, -0.05) is 0 Å².